The largest absolute Gasteiger partial charge is 0.497 e. The second-order valence-corrected chi connectivity index (χ2v) is 3.41. The number of nitriles is 1. The van der Waals surface area contributed by atoms with Crippen molar-refractivity contribution in [2.75, 3.05) is 14.2 Å². The summed E-state index contributed by atoms with van der Waals surface area (Å²) in [6.07, 6.45) is 0. The first-order chi connectivity index (χ1) is 7.71. The number of ether oxygens (including phenoxy) is 2. The Balaban J connectivity index is 2.76. The van der Waals surface area contributed by atoms with Gasteiger partial charge in [-0.2, -0.15) is 5.26 Å². The molecular formula is C12H16N2O2. The van der Waals surface area contributed by atoms with Gasteiger partial charge in [0.25, 0.3) is 0 Å². The molecule has 1 aromatic rings. The number of hydrogen-bond acceptors (Lipinski definition) is 4. The fraction of sp³-hybridized carbons (Fsp3) is 0.417. The van der Waals surface area contributed by atoms with Crippen molar-refractivity contribution in [3.63, 3.8) is 0 Å². The summed E-state index contributed by atoms with van der Waals surface area (Å²) in [5.41, 5.74) is 1.01. The van der Waals surface area contributed by atoms with Crippen LogP contribution in [-0.4, -0.2) is 20.3 Å². The molecule has 4 heteroatoms. The van der Waals surface area contributed by atoms with E-state index in [1.165, 1.54) is 0 Å². The lowest BCUT2D eigenvalue weighted by Gasteiger charge is -2.11. The minimum absolute atomic E-state index is 0.174. The monoisotopic (exact) mass is 220 g/mol. The Kier molecular flexibility index (Phi) is 4.62. The van der Waals surface area contributed by atoms with Crippen LogP contribution in [0.25, 0.3) is 0 Å². The highest BCUT2D eigenvalue weighted by molar-refractivity contribution is 5.40. The quantitative estimate of drug-likeness (QED) is 0.820. The molecule has 0 heterocycles. The lowest BCUT2D eigenvalue weighted by molar-refractivity contribution is 0.389. The zero-order valence-electron chi connectivity index (χ0n) is 9.78. The van der Waals surface area contributed by atoms with E-state index in [1.807, 2.05) is 25.1 Å². The summed E-state index contributed by atoms with van der Waals surface area (Å²) in [4.78, 5) is 0. The van der Waals surface area contributed by atoms with Gasteiger partial charge in [-0.25, -0.2) is 0 Å². The highest BCUT2D eigenvalue weighted by Crippen LogP contribution is 2.24. The van der Waals surface area contributed by atoms with Crippen molar-refractivity contribution in [2.24, 2.45) is 0 Å². The highest BCUT2D eigenvalue weighted by Gasteiger charge is 2.06. The summed E-state index contributed by atoms with van der Waals surface area (Å²) in [5, 5.41) is 11.7. The molecule has 0 spiro atoms. The van der Waals surface area contributed by atoms with Crippen LogP contribution < -0.4 is 14.8 Å². The number of nitrogens with zero attached hydrogens (tertiary/aromatic N) is 1. The minimum atomic E-state index is -0.174. The molecule has 0 aliphatic rings. The third-order valence-electron chi connectivity index (χ3n) is 2.29. The van der Waals surface area contributed by atoms with Crippen LogP contribution in [0.5, 0.6) is 11.5 Å². The summed E-state index contributed by atoms with van der Waals surface area (Å²) < 4.78 is 10.4. The summed E-state index contributed by atoms with van der Waals surface area (Å²) in [7, 11) is 3.23. The van der Waals surface area contributed by atoms with Crippen LogP contribution in [0, 0.1) is 11.3 Å². The summed E-state index contributed by atoms with van der Waals surface area (Å²) in [6, 6.07) is 7.57. The van der Waals surface area contributed by atoms with Crippen LogP contribution >= 0.6 is 0 Å². The first kappa shape index (κ1) is 12.3. The van der Waals surface area contributed by atoms with E-state index in [2.05, 4.69) is 11.4 Å². The second kappa shape index (κ2) is 5.99. The predicted octanol–water partition coefficient (Wildman–Crippen LogP) is 1.71. The van der Waals surface area contributed by atoms with Crippen molar-refractivity contribution in [1.82, 2.24) is 5.32 Å². The van der Waals surface area contributed by atoms with Gasteiger partial charge in [-0.15, -0.1) is 0 Å². The Hall–Kier alpha value is -1.73. The maximum atomic E-state index is 8.66. The summed E-state index contributed by atoms with van der Waals surface area (Å²) >= 11 is 0. The first-order valence-corrected chi connectivity index (χ1v) is 5.05. The third-order valence-corrected chi connectivity index (χ3v) is 2.29. The van der Waals surface area contributed by atoms with Gasteiger partial charge in [0.15, 0.2) is 0 Å². The molecule has 0 aliphatic heterocycles. The molecule has 0 amide bonds. The van der Waals surface area contributed by atoms with Gasteiger partial charge in [-0.1, -0.05) is 6.07 Å². The molecule has 0 aliphatic carbocycles. The average molecular weight is 220 g/mol. The van der Waals surface area contributed by atoms with Gasteiger partial charge in [0.1, 0.15) is 11.5 Å². The maximum Gasteiger partial charge on any atom is 0.127 e. The molecule has 0 aromatic heterocycles. The van der Waals surface area contributed by atoms with Crippen molar-refractivity contribution in [2.45, 2.75) is 19.5 Å². The van der Waals surface area contributed by atoms with Crippen molar-refractivity contribution in [1.29, 1.82) is 5.26 Å². The van der Waals surface area contributed by atoms with Crippen LogP contribution in [-0.2, 0) is 6.54 Å². The molecular weight excluding hydrogens is 204 g/mol. The molecule has 1 rings (SSSR count). The molecule has 0 saturated carbocycles. The molecule has 1 N–H and O–H groups in total. The van der Waals surface area contributed by atoms with Crippen LogP contribution in [0.2, 0.25) is 0 Å². The van der Waals surface area contributed by atoms with E-state index in [1.54, 1.807) is 14.2 Å². The molecule has 0 bridgehead atoms. The van der Waals surface area contributed by atoms with E-state index in [-0.39, 0.29) is 6.04 Å². The normalized spacial score (nSPS) is 11.6. The van der Waals surface area contributed by atoms with Crippen molar-refractivity contribution < 1.29 is 9.47 Å². The molecule has 0 saturated heterocycles. The molecule has 1 atom stereocenters. The van der Waals surface area contributed by atoms with E-state index in [0.717, 1.165) is 17.1 Å². The molecule has 16 heavy (non-hydrogen) atoms. The minimum Gasteiger partial charge on any atom is -0.497 e. The van der Waals surface area contributed by atoms with Gasteiger partial charge >= 0.3 is 0 Å². The smallest absolute Gasteiger partial charge is 0.127 e. The molecule has 4 nitrogen and oxygen atoms in total. The fourth-order valence-corrected chi connectivity index (χ4v) is 1.31. The number of rotatable bonds is 5. The maximum absolute atomic E-state index is 8.66. The van der Waals surface area contributed by atoms with Gasteiger partial charge in [-0.05, 0) is 13.0 Å². The Morgan fingerprint density at radius 3 is 2.69 bits per heavy atom. The van der Waals surface area contributed by atoms with Crippen molar-refractivity contribution in [3.05, 3.63) is 23.8 Å². The van der Waals surface area contributed by atoms with Crippen molar-refractivity contribution >= 4 is 0 Å². The van der Waals surface area contributed by atoms with Gasteiger partial charge in [0.2, 0.25) is 0 Å². The van der Waals surface area contributed by atoms with E-state index in [4.69, 9.17) is 14.7 Å². The van der Waals surface area contributed by atoms with E-state index >= 15 is 0 Å². The second-order valence-electron chi connectivity index (χ2n) is 3.41. The van der Waals surface area contributed by atoms with E-state index < -0.39 is 0 Å². The van der Waals surface area contributed by atoms with E-state index in [0.29, 0.717) is 6.54 Å². The van der Waals surface area contributed by atoms with Crippen LogP contribution in [0.1, 0.15) is 12.5 Å². The summed E-state index contributed by atoms with van der Waals surface area (Å²) in [6.45, 7) is 2.41. The lowest BCUT2D eigenvalue weighted by atomic mass is 10.2. The van der Waals surface area contributed by atoms with Gasteiger partial charge in [0, 0.05) is 18.2 Å². The van der Waals surface area contributed by atoms with Crippen LogP contribution in [0.3, 0.4) is 0 Å². The molecule has 0 radical (unpaired) electrons. The first-order valence-electron chi connectivity index (χ1n) is 5.05. The number of hydrogen-bond donors (Lipinski definition) is 1. The van der Waals surface area contributed by atoms with E-state index in [9.17, 15) is 0 Å². The average Bonchev–Trinajstić information content (AvgIpc) is 2.35. The molecule has 1 unspecified atom stereocenters. The van der Waals surface area contributed by atoms with Crippen molar-refractivity contribution in [3.8, 4) is 17.6 Å². The topological polar surface area (TPSA) is 54.3 Å². The highest BCUT2D eigenvalue weighted by atomic mass is 16.5. The molecule has 1 aromatic carbocycles. The van der Waals surface area contributed by atoms with Gasteiger partial charge in [-0.3, -0.25) is 5.32 Å². The number of benzene rings is 1. The lowest BCUT2D eigenvalue weighted by Crippen LogP contribution is -2.23. The van der Waals surface area contributed by atoms with Gasteiger partial charge < -0.3 is 9.47 Å². The summed E-state index contributed by atoms with van der Waals surface area (Å²) in [5.74, 6) is 1.52. The Labute approximate surface area is 95.8 Å². The zero-order valence-corrected chi connectivity index (χ0v) is 9.78. The Bertz CT molecular complexity index is 385. The van der Waals surface area contributed by atoms with Gasteiger partial charge in [0.05, 0.1) is 26.3 Å². The standard InChI is InChI=1S/C12H16N2O2/c1-9(7-13)14-8-10-4-5-11(15-2)6-12(10)16-3/h4-6,9,14H,8H2,1-3H3. The fourth-order valence-electron chi connectivity index (χ4n) is 1.31. The molecule has 86 valence electrons. The predicted molar refractivity (Wildman–Crippen MR) is 61.5 cm³/mol. The SMILES string of the molecule is COc1ccc(CNC(C)C#N)c(OC)c1. The number of nitrogens with one attached hydrogen (secondary N) is 1. The Morgan fingerprint density at radius 2 is 2.12 bits per heavy atom. The van der Waals surface area contributed by atoms with Crippen LogP contribution in [0.15, 0.2) is 18.2 Å². The number of methoxy groups -OCH3 is 2. The zero-order chi connectivity index (χ0) is 12.0. The van der Waals surface area contributed by atoms with Crippen LogP contribution in [0.4, 0.5) is 0 Å². The Morgan fingerprint density at radius 1 is 1.38 bits per heavy atom. The molecule has 0 fully saturated rings. The third kappa shape index (κ3) is 3.14.